The fourth-order valence-corrected chi connectivity index (χ4v) is 2.75. The van der Waals surface area contributed by atoms with E-state index < -0.39 is 0 Å². The fraction of sp³-hybridized carbons (Fsp3) is 0.158. The van der Waals surface area contributed by atoms with Gasteiger partial charge in [-0.3, -0.25) is 4.79 Å². The molecule has 7 nitrogen and oxygen atoms in total. The lowest BCUT2D eigenvalue weighted by atomic mass is 10.1. The van der Waals surface area contributed by atoms with E-state index in [9.17, 15) is 4.79 Å². The van der Waals surface area contributed by atoms with Crippen molar-refractivity contribution in [2.75, 3.05) is 0 Å². The first kappa shape index (κ1) is 16.0. The molecule has 3 aromatic heterocycles. The van der Waals surface area contributed by atoms with Gasteiger partial charge in [0.1, 0.15) is 18.2 Å². The number of hydrogen-bond donors (Lipinski definition) is 1. The predicted octanol–water partition coefficient (Wildman–Crippen LogP) is 2.58. The highest BCUT2D eigenvalue weighted by Crippen LogP contribution is 2.22. The normalized spacial score (nSPS) is 11.0. The van der Waals surface area contributed by atoms with Gasteiger partial charge in [-0.15, -0.1) is 0 Å². The summed E-state index contributed by atoms with van der Waals surface area (Å²) in [6.07, 6.45) is 6.68. The zero-order valence-corrected chi connectivity index (χ0v) is 14.2. The second-order valence-electron chi connectivity index (χ2n) is 6.08. The number of fused-ring (bicyclic) bond motifs is 1. The highest BCUT2D eigenvalue weighted by Gasteiger charge is 2.10. The minimum Gasteiger partial charge on any atom is -0.464 e. The van der Waals surface area contributed by atoms with Crippen molar-refractivity contribution in [3.8, 4) is 5.82 Å². The summed E-state index contributed by atoms with van der Waals surface area (Å²) in [7, 11) is 0. The van der Waals surface area contributed by atoms with Gasteiger partial charge in [-0.05, 0) is 30.2 Å². The van der Waals surface area contributed by atoms with Gasteiger partial charge in [0.2, 0.25) is 5.91 Å². The van der Waals surface area contributed by atoms with Crippen LogP contribution in [0.4, 0.5) is 0 Å². The lowest BCUT2D eigenvalue weighted by molar-refractivity contribution is -0.120. The van der Waals surface area contributed by atoms with Gasteiger partial charge in [-0.1, -0.05) is 18.2 Å². The molecule has 4 aromatic rings. The monoisotopic (exact) mass is 347 g/mol. The summed E-state index contributed by atoms with van der Waals surface area (Å²) in [5.74, 6) is 0.617. The number of pyridine rings is 1. The molecule has 1 amide bonds. The number of amides is 1. The van der Waals surface area contributed by atoms with Crippen molar-refractivity contribution in [3.05, 3.63) is 72.1 Å². The number of carbonyl (C=O) groups is 1. The van der Waals surface area contributed by atoms with Crippen LogP contribution in [-0.4, -0.2) is 25.7 Å². The van der Waals surface area contributed by atoms with Crippen molar-refractivity contribution in [1.82, 2.24) is 25.1 Å². The molecule has 3 heterocycles. The minimum absolute atomic E-state index is 0.0615. The Balaban J connectivity index is 1.37. The number of nitrogens with one attached hydrogen (secondary N) is 1. The maximum absolute atomic E-state index is 12.3. The lowest BCUT2D eigenvalue weighted by Crippen LogP contribution is -2.24. The SMILES string of the molecule is Cc1ccc2c(CC(=O)NCc3ccc(-n4cncn4)nc3)coc2c1. The summed E-state index contributed by atoms with van der Waals surface area (Å²) in [6, 6.07) is 9.71. The molecule has 1 N–H and O–H groups in total. The molecule has 0 aliphatic heterocycles. The average Bonchev–Trinajstić information content (AvgIpc) is 3.31. The number of aromatic nitrogens is 4. The Morgan fingerprint density at radius 3 is 2.96 bits per heavy atom. The molecule has 0 unspecified atom stereocenters. The van der Waals surface area contributed by atoms with E-state index in [2.05, 4.69) is 20.4 Å². The van der Waals surface area contributed by atoms with Gasteiger partial charge in [0.25, 0.3) is 0 Å². The van der Waals surface area contributed by atoms with Crippen molar-refractivity contribution in [2.24, 2.45) is 0 Å². The van der Waals surface area contributed by atoms with Crippen molar-refractivity contribution < 1.29 is 9.21 Å². The van der Waals surface area contributed by atoms with E-state index in [0.717, 1.165) is 27.7 Å². The van der Waals surface area contributed by atoms with Gasteiger partial charge in [0.15, 0.2) is 5.82 Å². The van der Waals surface area contributed by atoms with Crippen molar-refractivity contribution in [2.45, 2.75) is 19.9 Å². The van der Waals surface area contributed by atoms with E-state index in [1.54, 1.807) is 23.5 Å². The second-order valence-corrected chi connectivity index (χ2v) is 6.08. The number of furan rings is 1. The molecule has 4 rings (SSSR count). The number of aryl methyl sites for hydroxylation is 1. The fourth-order valence-electron chi connectivity index (χ4n) is 2.75. The van der Waals surface area contributed by atoms with Crippen LogP contribution in [0.15, 0.2) is 59.9 Å². The molecule has 0 saturated carbocycles. The molecule has 0 fully saturated rings. The Morgan fingerprint density at radius 1 is 1.27 bits per heavy atom. The molecule has 26 heavy (non-hydrogen) atoms. The van der Waals surface area contributed by atoms with Gasteiger partial charge < -0.3 is 9.73 Å². The summed E-state index contributed by atoms with van der Waals surface area (Å²) >= 11 is 0. The molecular weight excluding hydrogens is 330 g/mol. The van der Waals surface area contributed by atoms with E-state index >= 15 is 0 Å². The van der Waals surface area contributed by atoms with E-state index in [0.29, 0.717) is 12.4 Å². The first-order valence-corrected chi connectivity index (χ1v) is 8.22. The Bertz CT molecular complexity index is 1040. The van der Waals surface area contributed by atoms with Crippen LogP contribution in [0.3, 0.4) is 0 Å². The van der Waals surface area contributed by atoms with Crippen LogP contribution in [0.5, 0.6) is 0 Å². The third kappa shape index (κ3) is 3.32. The number of rotatable bonds is 5. The minimum atomic E-state index is -0.0615. The van der Waals surface area contributed by atoms with Crippen LogP contribution < -0.4 is 5.32 Å². The molecule has 0 saturated heterocycles. The molecule has 0 atom stereocenters. The second kappa shape index (κ2) is 6.79. The van der Waals surface area contributed by atoms with Crippen molar-refractivity contribution in [1.29, 1.82) is 0 Å². The van der Waals surface area contributed by atoms with E-state index in [-0.39, 0.29) is 12.3 Å². The standard InChI is InChI=1S/C19H17N5O2/c1-13-2-4-16-15(10-26-17(16)6-13)7-19(25)22-9-14-3-5-18(21-8-14)24-12-20-11-23-24/h2-6,8,10-12H,7,9H2,1H3,(H,22,25). The summed E-state index contributed by atoms with van der Waals surface area (Å²) < 4.78 is 7.12. The lowest BCUT2D eigenvalue weighted by Gasteiger charge is -2.06. The largest absolute Gasteiger partial charge is 0.464 e. The van der Waals surface area contributed by atoms with Gasteiger partial charge in [0.05, 0.1) is 12.7 Å². The number of carbonyl (C=O) groups excluding carboxylic acids is 1. The number of benzene rings is 1. The maximum atomic E-state index is 12.3. The van der Waals surface area contributed by atoms with Gasteiger partial charge >= 0.3 is 0 Å². The van der Waals surface area contributed by atoms with Crippen molar-refractivity contribution >= 4 is 16.9 Å². The van der Waals surface area contributed by atoms with Crippen LogP contribution in [0.1, 0.15) is 16.7 Å². The summed E-state index contributed by atoms with van der Waals surface area (Å²) in [4.78, 5) is 20.5. The Hall–Kier alpha value is -3.48. The summed E-state index contributed by atoms with van der Waals surface area (Å²) in [5.41, 5.74) is 3.73. The molecule has 130 valence electrons. The molecule has 0 radical (unpaired) electrons. The van der Waals surface area contributed by atoms with Gasteiger partial charge in [-0.25, -0.2) is 14.6 Å². The molecule has 0 aliphatic rings. The Morgan fingerprint density at radius 2 is 2.19 bits per heavy atom. The topological polar surface area (TPSA) is 85.8 Å². The van der Waals surface area contributed by atoms with Crippen LogP contribution in [0.2, 0.25) is 0 Å². The quantitative estimate of drug-likeness (QED) is 0.600. The Labute approximate surface area is 149 Å². The smallest absolute Gasteiger partial charge is 0.224 e. The third-order valence-electron chi connectivity index (χ3n) is 4.11. The van der Waals surface area contributed by atoms with Crippen LogP contribution >= 0.6 is 0 Å². The summed E-state index contributed by atoms with van der Waals surface area (Å²) in [6.45, 7) is 2.43. The molecular formula is C19H17N5O2. The summed E-state index contributed by atoms with van der Waals surface area (Å²) in [5, 5.41) is 7.92. The van der Waals surface area contributed by atoms with E-state index in [1.807, 2.05) is 37.3 Å². The number of hydrogen-bond acceptors (Lipinski definition) is 5. The molecule has 0 aliphatic carbocycles. The third-order valence-corrected chi connectivity index (χ3v) is 4.11. The highest BCUT2D eigenvalue weighted by molar-refractivity contribution is 5.87. The molecule has 0 spiro atoms. The zero-order chi connectivity index (χ0) is 17.9. The first-order chi connectivity index (χ1) is 12.7. The highest BCUT2D eigenvalue weighted by atomic mass is 16.3. The number of nitrogens with zero attached hydrogens (tertiary/aromatic N) is 4. The van der Waals surface area contributed by atoms with Crippen LogP contribution in [0, 0.1) is 6.92 Å². The van der Waals surface area contributed by atoms with Gasteiger partial charge in [0, 0.05) is 23.7 Å². The Kier molecular flexibility index (Phi) is 4.18. The average molecular weight is 347 g/mol. The zero-order valence-electron chi connectivity index (χ0n) is 14.2. The van der Waals surface area contributed by atoms with E-state index in [4.69, 9.17) is 4.42 Å². The van der Waals surface area contributed by atoms with Crippen LogP contribution in [-0.2, 0) is 17.8 Å². The predicted molar refractivity (Wildman–Crippen MR) is 95.7 cm³/mol. The molecule has 0 bridgehead atoms. The maximum Gasteiger partial charge on any atom is 0.224 e. The molecule has 1 aromatic carbocycles. The van der Waals surface area contributed by atoms with E-state index in [1.165, 1.54) is 6.33 Å². The van der Waals surface area contributed by atoms with Crippen LogP contribution in [0.25, 0.3) is 16.8 Å². The molecule has 7 heteroatoms. The van der Waals surface area contributed by atoms with Crippen molar-refractivity contribution in [3.63, 3.8) is 0 Å². The first-order valence-electron chi connectivity index (χ1n) is 8.22. The van der Waals surface area contributed by atoms with Gasteiger partial charge in [-0.2, -0.15) is 5.10 Å².